The zero-order chi connectivity index (χ0) is 13.5. The van der Waals surface area contributed by atoms with Gasteiger partial charge < -0.3 is 15.2 Å². The SMILES string of the molecule is COc1cc(NCCCC(C)O)cc([N+](=O)[O-])c1. The molecule has 0 aliphatic rings. The number of aliphatic hydroxyl groups is 1. The quantitative estimate of drug-likeness (QED) is 0.442. The number of aliphatic hydroxyl groups excluding tert-OH is 1. The third kappa shape index (κ3) is 4.58. The lowest BCUT2D eigenvalue weighted by Crippen LogP contribution is -2.06. The van der Waals surface area contributed by atoms with Crippen LogP contribution in [0.5, 0.6) is 5.75 Å². The molecular formula is C12H18N2O4. The first-order valence-electron chi connectivity index (χ1n) is 5.78. The van der Waals surface area contributed by atoms with E-state index in [9.17, 15) is 10.1 Å². The van der Waals surface area contributed by atoms with Crippen molar-refractivity contribution in [2.45, 2.75) is 25.9 Å². The van der Waals surface area contributed by atoms with Crippen molar-refractivity contribution in [1.29, 1.82) is 0 Å². The van der Waals surface area contributed by atoms with Crippen LogP contribution in [0.4, 0.5) is 11.4 Å². The van der Waals surface area contributed by atoms with Gasteiger partial charge in [0.05, 0.1) is 24.2 Å². The Morgan fingerprint density at radius 1 is 1.50 bits per heavy atom. The van der Waals surface area contributed by atoms with Crippen LogP contribution in [0.3, 0.4) is 0 Å². The van der Waals surface area contributed by atoms with E-state index in [0.29, 0.717) is 24.4 Å². The predicted molar refractivity (Wildman–Crippen MR) is 69.1 cm³/mol. The van der Waals surface area contributed by atoms with Gasteiger partial charge in [0, 0.05) is 24.4 Å². The third-order valence-corrected chi connectivity index (χ3v) is 2.47. The van der Waals surface area contributed by atoms with Crippen molar-refractivity contribution in [3.05, 3.63) is 28.3 Å². The van der Waals surface area contributed by atoms with Crippen LogP contribution in [0.2, 0.25) is 0 Å². The Kier molecular flexibility index (Phi) is 5.38. The summed E-state index contributed by atoms with van der Waals surface area (Å²) >= 11 is 0. The highest BCUT2D eigenvalue weighted by Gasteiger charge is 2.09. The summed E-state index contributed by atoms with van der Waals surface area (Å²) in [6.45, 7) is 2.38. The molecule has 0 amide bonds. The summed E-state index contributed by atoms with van der Waals surface area (Å²) in [5, 5.41) is 22.9. The molecule has 0 fully saturated rings. The molecule has 6 heteroatoms. The van der Waals surface area contributed by atoms with Gasteiger partial charge in [-0.1, -0.05) is 0 Å². The topological polar surface area (TPSA) is 84.6 Å². The molecule has 1 atom stereocenters. The summed E-state index contributed by atoms with van der Waals surface area (Å²) < 4.78 is 5.01. The first kappa shape index (κ1) is 14.2. The van der Waals surface area contributed by atoms with Crippen LogP contribution in [-0.4, -0.2) is 29.8 Å². The minimum Gasteiger partial charge on any atom is -0.496 e. The van der Waals surface area contributed by atoms with Gasteiger partial charge >= 0.3 is 0 Å². The molecule has 0 radical (unpaired) electrons. The monoisotopic (exact) mass is 254 g/mol. The summed E-state index contributed by atoms with van der Waals surface area (Å²) in [6.07, 6.45) is 1.16. The van der Waals surface area contributed by atoms with Crippen molar-refractivity contribution in [2.24, 2.45) is 0 Å². The second kappa shape index (κ2) is 6.80. The number of rotatable bonds is 7. The average molecular weight is 254 g/mol. The Balaban J connectivity index is 2.64. The van der Waals surface area contributed by atoms with E-state index in [4.69, 9.17) is 9.84 Å². The van der Waals surface area contributed by atoms with E-state index >= 15 is 0 Å². The number of nitrogens with zero attached hydrogens (tertiary/aromatic N) is 1. The van der Waals surface area contributed by atoms with E-state index in [-0.39, 0.29) is 11.8 Å². The molecule has 1 aromatic rings. The molecule has 2 N–H and O–H groups in total. The average Bonchev–Trinajstić information content (AvgIpc) is 2.34. The molecule has 0 heterocycles. The zero-order valence-electron chi connectivity index (χ0n) is 10.5. The standard InChI is InChI=1S/C12H18N2O4/c1-9(15)4-3-5-13-10-6-11(14(16)17)8-12(7-10)18-2/h6-9,13,15H,3-5H2,1-2H3. The Bertz CT molecular complexity index is 407. The van der Waals surface area contributed by atoms with Crippen LogP contribution < -0.4 is 10.1 Å². The van der Waals surface area contributed by atoms with Crippen molar-refractivity contribution in [2.75, 3.05) is 19.0 Å². The van der Waals surface area contributed by atoms with Gasteiger partial charge in [0.15, 0.2) is 0 Å². The number of nitro benzene ring substituents is 1. The Morgan fingerprint density at radius 3 is 2.78 bits per heavy atom. The fraction of sp³-hybridized carbons (Fsp3) is 0.500. The maximum Gasteiger partial charge on any atom is 0.275 e. The molecule has 1 unspecified atom stereocenters. The van der Waals surface area contributed by atoms with Gasteiger partial charge in [0.1, 0.15) is 5.75 Å². The van der Waals surface area contributed by atoms with Gasteiger partial charge in [0.2, 0.25) is 0 Å². The molecule has 0 spiro atoms. The highest BCUT2D eigenvalue weighted by Crippen LogP contribution is 2.25. The van der Waals surface area contributed by atoms with Crippen LogP contribution in [0.1, 0.15) is 19.8 Å². The highest BCUT2D eigenvalue weighted by molar-refractivity contribution is 5.56. The molecule has 1 rings (SSSR count). The molecule has 0 aromatic heterocycles. The molecule has 0 bridgehead atoms. The molecule has 6 nitrogen and oxygen atoms in total. The lowest BCUT2D eigenvalue weighted by Gasteiger charge is -2.09. The van der Waals surface area contributed by atoms with Crippen molar-refractivity contribution >= 4 is 11.4 Å². The van der Waals surface area contributed by atoms with Crippen LogP contribution in [0.25, 0.3) is 0 Å². The highest BCUT2D eigenvalue weighted by atomic mass is 16.6. The number of non-ortho nitro benzene ring substituents is 1. The minimum atomic E-state index is -0.455. The maximum atomic E-state index is 10.7. The smallest absolute Gasteiger partial charge is 0.275 e. The number of nitro groups is 1. The Hall–Kier alpha value is -1.82. The second-order valence-electron chi connectivity index (χ2n) is 4.09. The number of benzene rings is 1. The number of hydrogen-bond acceptors (Lipinski definition) is 5. The zero-order valence-corrected chi connectivity index (χ0v) is 10.5. The lowest BCUT2D eigenvalue weighted by atomic mass is 10.2. The van der Waals surface area contributed by atoms with Gasteiger partial charge in [0.25, 0.3) is 5.69 Å². The second-order valence-corrected chi connectivity index (χ2v) is 4.09. The summed E-state index contributed by atoms with van der Waals surface area (Å²) in [4.78, 5) is 10.3. The fourth-order valence-corrected chi connectivity index (χ4v) is 1.54. The molecule has 0 saturated carbocycles. The van der Waals surface area contributed by atoms with Gasteiger partial charge in [-0.3, -0.25) is 10.1 Å². The number of nitrogens with one attached hydrogen (secondary N) is 1. The van der Waals surface area contributed by atoms with Crippen LogP contribution >= 0.6 is 0 Å². The number of ether oxygens (including phenoxy) is 1. The van der Waals surface area contributed by atoms with Crippen LogP contribution in [0, 0.1) is 10.1 Å². The number of anilines is 1. The molecule has 100 valence electrons. The van der Waals surface area contributed by atoms with Crippen LogP contribution in [0.15, 0.2) is 18.2 Å². The molecular weight excluding hydrogens is 236 g/mol. The van der Waals surface area contributed by atoms with Crippen molar-refractivity contribution < 1.29 is 14.8 Å². The molecule has 0 saturated heterocycles. The van der Waals surface area contributed by atoms with Crippen molar-refractivity contribution in [3.63, 3.8) is 0 Å². The van der Waals surface area contributed by atoms with E-state index in [1.165, 1.54) is 19.2 Å². The normalized spacial score (nSPS) is 11.9. The van der Waals surface area contributed by atoms with Crippen molar-refractivity contribution in [1.82, 2.24) is 0 Å². The van der Waals surface area contributed by atoms with Gasteiger partial charge in [-0.25, -0.2) is 0 Å². The molecule has 18 heavy (non-hydrogen) atoms. The minimum absolute atomic E-state index is 0.00706. The first-order valence-corrected chi connectivity index (χ1v) is 5.78. The van der Waals surface area contributed by atoms with Gasteiger partial charge in [-0.05, 0) is 19.8 Å². The maximum absolute atomic E-state index is 10.7. The molecule has 0 aliphatic heterocycles. The summed E-state index contributed by atoms with van der Waals surface area (Å²) in [5.41, 5.74) is 0.638. The summed E-state index contributed by atoms with van der Waals surface area (Å²) in [7, 11) is 1.47. The largest absolute Gasteiger partial charge is 0.496 e. The van der Waals surface area contributed by atoms with E-state index in [2.05, 4.69) is 5.32 Å². The Morgan fingerprint density at radius 2 is 2.22 bits per heavy atom. The van der Waals surface area contributed by atoms with E-state index < -0.39 is 4.92 Å². The van der Waals surface area contributed by atoms with Gasteiger partial charge in [-0.2, -0.15) is 0 Å². The summed E-state index contributed by atoms with van der Waals surface area (Å²) in [5.74, 6) is 0.447. The number of hydrogen-bond donors (Lipinski definition) is 2. The fourth-order valence-electron chi connectivity index (χ4n) is 1.54. The molecule has 1 aromatic carbocycles. The van der Waals surface area contributed by atoms with E-state index in [0.717, 1.165) is 6.42 Å². The van der Waals surface area contributed by atoms with Gasteiger partial charge in [-0.15, -0.1) is 0 Å². The third-order valence-electron chi connectivity index (χ3n) is 2.47. The van der Waals surface area contributed by atoms with Crippen molar-refractivity contribution in [3.8, 4) is 5.75 Å². The molecule has 0 aliphatic carbocycles. The van der Waals surface area contributed by atoms with Crippen LogP contribution in [-0.2, 0) is 0 Å². The van der Waals surface area contributed by atoms with E-state index in [1.807, 2.05) is 0 Å². The number of methoxy groups -OCH3 is 1. The van der Waals surface area contributed by atoms with E-state index in [1.54, 1.807) is 13.0 Å². The summed E-state index contributed by atoms with van der Waals surface area (Å²) in [6, 6.07) is 4.54. The predicted octanol–water partition coefficient (Wildman–Crippen LogP) is 2.18. The lowest BCUT2D eigenvalue weighted by molar-refractivity contribution is -0.384. The first-order chi connectivity index (χ1) is 8.52. The Labute approximate surface area is 106 Å².